The Labute approximate surface area is 69.4 Å². The highest BCUT2D eigenvalue weighted by Crippen LogP contribution is 2.41. The summed E-state index contributed by atoms with van der Waals surface area (Å²) >= 11 is 0. The lowest BCUT2D eigenvalue weighted by atomic mass is 10.0. The lowest BCUT2D eigenvalue weighted by molar-refractivity contribution is -0.0384. The highest BCUT2D eigenvalue weighted by Gasteiger charge is 2.42. The first-order valence-electron chi connectivity index (χ1n) is 4.05. The fraction of sp³-hybridized carbons (Fsp3) is 1.00. The molecule has 0 N–H and O–H groups in total. The molecule has 5 heteroatoms. The van der Waals surface area contributed by atoms with Gasteiger partial charge in [-0.1, -0.05) is 5.11 Å². The van der Waals surface area contributed by atoms with Crippen LogP contribution in [-0.4, -0.2) is 12.5 Å². The normalized spacial score (nSPS) is 26.7. The van der Waals surface area contributed by atoms with Crippen LogP contribution in [0.3, 0.4) is 0 Å². The van der Waals surface area contributed by atoms with Crippen molar-refractivity contribution in [3.63, 3.8) is 0 Å². The lowest BCUT2D eigenvalue weighted by Crippen LogP contribution is -2.22. The van der Waals surface area contributed by atoms with Crippen molar-refractivity contribution in [1.29, 1.82) is 0 Å². The van der Waals surface area contributed by atoms with Gasteiger partial charge in [0.25, 0.3) is 5.92 Å². The minimum Gasteiger partial charge on any atom is -0.207 e. The summed E-state index contributed by atoms with van der Waals surface area (Å²) in [6.07, 6.45) is 1.47. The standard InChI is InChI=1S/C7H11F2N3/c8-7(9)4-1-2-6(7)3-5-11-12-10/h6H,1-5H2. The van der Waals surface area contributed by atoms with E-state index >= 15 is 0 Å². The van der Waals surface area contributed by atoms with E-state index in [1.165, 1.54) is 0 Å². The first-order chi connectivity index (χ1) is 5.67. The summed E-state index contributed by atoms with van der Waals surface area (Å²) < 4.78 is 25.8. The van der Waals surface area contributed by atoms with Crippen molar-refractivity contribution in [1.82, 2.24) is 0 Å². The van der Waals surface area contributed by atoms with Crippen LogP contribution in [0.4, 0.5) is 8.78 Å². The van der Waals surface area contributed by atoms with Crippen LogP contribution in [0.15, 0.2) is 5.11 Å². The van der Waals surface area contributed by atoms with E-state index in [0.29, 0.717) is 19.3 Å². The van der Waals surface area contributed by atoms with Crippen LogP contribution in [-0.2, 0) is 0 Å². The first kappa shape index (κ1) is 9.26. The summed E-state index contributed by atoms with van der Waals surface area (Å²) in [5.41, 5.74) is 7.94. The van der Waals surface area contributed by atoms with Gasteiger partial charge in [0.05, 0.1) is 0 Å². The minimum atomic E-state index is -2.52. The fourth-order valence-electron chi connectivity index (χ4n) is 1.61. The highest BCUT2D eigenvalue weighted by molar-refractivity contribution is 4.84. The third kappa shape index (κ3) is 2.08. The first-order valence-corrected chi connectivity index (χ1v) is 4.05. The van der Waals surface area contributed by atoms with Gasteiger partial charge >= 0.3 is 0 Å². The molecule has 0 aromatic carbocycles. The van der Waals surface area contributed by atoms with Crippen LogP contribution in [0, 0.1) is 5.92 Å². The summed E-state index contributed by atoms with van der Waals surface area (Å²) in [5, 5.41) is 3.25. The molecule has 0 heterocycles. The molecule has 1 unspecified atom stereocenters. The molecule has 0 amide bonds. The lowest BCUT2D eigenvalue weighted by Gasteiger charge is -2.17. The third-order valence-corrected chi connectivity index (χ3v) is 2.30. The van der Waals surface area contributed by atoms with Crippen LogP contribution in [0.5, 0.6) is 0 Å². The van der Waals surface area contributed by atoms with E-state index in [0.717, 1.165) is 0 Å². The van der Waals surface area contributed by atoms with Gasteiger partial charge in [-0.05, 0) is 24.8 Å². The minimum absolute atomic E-state index is 0.00602. The zero-order valence-corrected chi connectivity index (χ0v) is 6.71. The molecule has 0 bridgehead atoms. The Balaban J connectivity index is 2.36. The zero-order valence-electron chi connectivity index (χ0n) is 6.71. The molecule has 0 spiro atoms. The number of hydrogen-bond donors (Lipinski definition) is 0. The highest BCUT2D eigenvalue weighted by atomic mass is 19.3. The smallest absolute Gasteiger partial charge is 0.207 e. The Morgan fingerprint density at radius 1 is 1.58 bits per heavy atom. The van der Waals surface area contributed by atoms with Gasteiger partial charge in [-0.2, -0.15) is 0 Å². The van der Waals surface area contributed by atoms with Crippen molar-refractivity contribution < 1.29 is 8.78 Å². The van der Waals surface area contributed by atoms with Crippen molar-refractivity contribution in [2.45, 2.75) is 31.6 Å². The quantitative estimate of drug-likeness (QED) is 0.359. The topological polar surface area (TPSA) is 48.8 Å². The van der Waals surface area contributed by atoms with Gasteiger partial charge < -0.3 is 0 Å². The second kappa shape index (κ2) is 3.72. The molecular formula is C7H11F2N3. The predicted molar refractivity (Wildman–Crippen MR) is 40.9 cm³/mol. The van der Waals surface area contributed by atoms with Crippen molar-refractivity contribution >= 4 is 0 Å². The SMILES string of the molecule is [N-]=[N+]=NCCC1CCCC1(F)F. The maximum Gasteiger partial charge on any atom is 0.250 e. The molecule has 0 aliphatic heterocycles. The summed E-state index contributed by atoms with van der Waals surface area (Å²) in [4.78, 5) is 2.52. The number of hydrogen-bond acceptors (Lipinski definition) is 1. The van der Waals surface area contributed by atoms with E-state index in [9.17, 15) is 8.78 Å². The summed E-state index contributed by atoms with van der Waals surface area (Å²) in [7, 11) is 0. The molecule has 1 aliphatic rings. The molecule has 3 nitrogen and oxygen atoms in total. The second-order valence-electron chi connectivity index (χ2n) is 3.09. The molecule has 1 fully saturated rings. The summed E-state index contributed by atoms with van der Waals surface area (Å²) in [5.74, 6) is -3.09. The van der Waals surface area contributed by atoms with Gasteiger partial charge in [-0.25, -0.2) is 8.78 Å². The Morgan fingerprint density at radius 2 is 2.33 bits per heavy atom. The number of azide groups is 1. The maximum atomic E-state index is 12.9. The molecule has 1 atom stereocenters. The largest absolute Gasteiger partial charge is 0.250 e. The average Bonchev–Trinajstić information content (AvgIpc) is 2.32. The monoisotopic (exact) mass is 175 g/mol. The van der Waals surface area contributed by atoms with E-state index in [-0.39, 0.29) is 13.0 Å². The molecule has 0 aromatic heterocycles. The van der Waals surface area contributed by atoms with E-state index in [1.54, 1.807) is 0 Å². The summed E-state index contributed by atoms with van der Waals surface area (Å²) in [6, 6.07) is 0. The van der Waals surface area contributed by atoms with E-state index in [2.05, 4.69) is 10.0 Å². The van der Waals surface area contributed by atoms with Gasteiger partial charge in [-0.3, -0.25) is 0 Å². The van der Waals surface area contributed by atoms with E-state index in [4.69, 9.17) is 5.53 Å². The fourth-order valence-corrected chi connectivity index (χ4v) is 1.61. The Hall–Kier alpha value is -0.830. The number of nitrogens with zero attached hydrogens (tertiary/aromatic N) is 3. The predicted octanol–water partition coefficient (Wildman–Crippen LogP) is 3.12. The van der Waals surface area contributed by atoms with Crippen molar-refractivity contribution in [3.8, 4) is 0 Å². The second-order valence-corrected chi connectivity index (χ2v) is 3.09. The summed E-state index contributed by atoms with van der Waals surface area (Å²) in [6.45, 7) is 0.191. The number of alkyl halides is 2. The molecule has 0 aromatic rings. The Kier molecular flexibility index (Phi) is 2.87. The van der Waals surface area contributed by atoms with Crippen LogP contribution >= 0.6 is 0 Å². The van der Waals surface area contributed by atoms with Gasteiger partial charge in [0.2, 0.25) is 0 Å². The average molecular weight is 175 g/mol. The Morgan fingerprint density at radius 3 is 2.83 bits per heavy atom. The van der Waals surface area contributed by atoms with Crippen molar-refractivity contribution in [3.05, 3.63) is 10.4 Å². The van der Waals surface area contributed by atoms with Crippen molar-refractivity contribution in [2.24, 2.45) is 11.0 Å². The third-order valence-electron chi connectivity index (χ3n) is 2.30. The van der Waals surface area contributed by atoms with Crippen molar-refractivity contribution in [2.75, 3.05) is 6.54 Å². The van der Waals surface area contributed by atoms with Crippen LogP contribution in [0.2, 0.25) is 0 Å². The molecule has 1 rings (SSSR count). The molecular weight excluding hydrogens is 164 g/mol. The Bertz CT molecular complexity index is 199. The van der Waals surface area contributed by atoms with E-state index < -0.39 is 11.8 Å². The molecule has 1 saturated carbocycles. The number of halogens is 2. The molecule has 68 valence electrons. The number of rotatable bonds is 3. The van der Waals surface area contributed by atoms with Gasteiger partial charge in [-0.15, -0.1) is 0 Å². The molecule has 0 radical (unpaired) electrons. The maximum absolute atomic E-state index is 12.9. The van der Waals surface area contributed by atoms with Crippen LogP contribution < -0.4 is 0 Å². The van der Waals surface area contributed by atoms with Gasteiger partial charge in [0, 0.05) is 23.8 Å². The van der Waals surface area contributed by atoms with E-state index in [1.807, 2.05) is 0 Å². The molecule has 1 aliphatic carbocycles. The molecule has 0 saturated heterocycles. The zero-order chi connectivity index (χ0) is 9.03. The van der Waals surface area contributed by atoms with Gasteiger partial charge in [0.15, 0.2) is 0 Å². The molecule has 12 heavy (non-hydrogen) atoms. The van der Waals surface area contributed by atoms with Gasteiger partial charge in [0.1, 0.15) is 0 Å². The van der Waals surface area contributed by atoms with Crippen LogP contribution in [0.1, 0.15) is 25.7 Å². The van der Waals surface area contributed by atoms with Crippen LogP contribution in [0.25, 0.3) is 10.4 Å².